The third-order valence-corrected chi connectivity index (χ3v) is 0. The smallest absolute Gasteiger partial charge is 0.450 e. The van der Waals surface area contributed by atoms with Gasteiger partial charge in [0.2, 0.25) is 0 Å². The molecule has 0 unspecified atom stereocenters. The van der Waals surface area contributed by atoms with Gasteiger partial charge in [0.1, 0.15) is 0 Å². The van der Waals surface area contributed by atoms with Crippen molar-refractivity contribution in [2.45, 2.75) is 0 Å². The fraction of sp³-hybridized carbons (Fsp3) is 0. The summed E-state index contributed by atoms with van der Waals surface area (Å²) in [5.41, 5.74) is 2.25. The van der Waals surface area contributed by atoms with Gasteiger partial charge < -0.3 is 10.2 Å². The van der Waals surface area contributed by atoms with Crippen molar-refractivity contribution in [3.63, 3.8) is 0 Å². The summed E-state index contributed by atoms with van der Waals surface area (Å²) in [5, 5.41) is 13.9. The minimum Gasteiger partial charge on any atom is -0.450 e. The van der Waals surface area contributed by atoms with E-state index in [0.717, 1.165) is 0 Å². The predicted molar refractivity (Wildman–Crippen MR) is 25.4 cm³/mol. The maximum Gasteiger partial charge on any atom is 0.503 e. The third-order valence-electron chi connectivity index (χ3n) is 0. The number of hydrogen-bond acceptors (Lipinski definition) is 1. The van der Waals surface area contributed by atoms with Gasteiger partial charge in [-0.2, -0.15) is 0 Å². The summed E-state index contributed by atoms with van der Waals surface area (Å²) < 4.78 is 0. The van der Waals surface area contributed by atoms with E-state index in [1.807, 2.05) is 0 Å². The van der Waals surface area contributed by atoms with Crippen molar-refractivity contribution in [3.8, 4) is 0 Å². The summed E-state index contributed by atoms with van der Waals surface area (Å²) in [6, 6.07) is 0. The van der Waals surface area contributed by atoms with E-state index in [1.54, 1.807) is 0 Å². The Hall–Kier alpha value is -1.21. The second-order valence-electron chi connectivity index (χ2n) is 0.533. The quantitative estimate of drug-likeness (QED) is 0.451. The zero-order chi connectivity index (χ0) is 6.28. The van der Waals surface area contributed by atoms with Gasteiger partial charge in [0.25, 0.3) is 0 Å². The Morgan fingerprint density at radius 2 is 1.43 bits per heavy atom. The number of carboxylic acid groups (broad SMARTS) is 2. The largest absolute Gasteiger partial charge is 0.503 e. The normalized spacial score (nSPS) is 4.57. The highest BCUT2D eigenvalue weighted by Gasteiger charge is 1.70. The van der Waals surface area contributed by atoms with E-state index >= 15 is 0 Å². The molecular weight excluding hydrogens is 96.0 g/mol. The van der Waals surface area contributed by atoms with Crippen LogP contribution in [0.2, 0.25) is 0 Å². The lowest BCUT2D eigenvalue weighted by atomic mass is 11.0. The molecule has 0 saturated heterocycles. The molecule has 0 amide bonds. The molecule has 0 aliphatic carbocycles. The number of carbonyl (C=O) groups is 1. The fourth-order valence-corrected chi connectivity index (χ4v) is 0. The summed E-state index contributed by atoms with van der Waals surface area (Å²) in [7, 11) is 0. The molecule has 0 aliphatic rings. The number of hydrogen-bond donors (Lipinski definition) is 2. The minimum absolute atomic E-state index is 1.83. The van der Waals surface area contributed by atoms with E-state index < -0.39 is 6.16 Å². The van der Waals surface area contributed by atoms with Gasteiger partial charge in [-0.3, -0.25) is 0 Å². The molecule has 0 bridgehead atoms. The van der Waals surface area contributed by atoms with Gasteiger partial charge in [0.15, 0.2) is 0 Å². The molecule has 3 heteroatoms. The van der Waals surface area contributed by atoms with Crippen LogP contribution < -0.4 is 0 Å². The van der Waals surface area contributed by atoms with Crippen LogP contribution >= 0.6 is 0 Å². The molecule has 7 heavy (non-hydrogen) atoms. The molecule has 0 fully saturated rings. The van der Waals surface area contributed by atoms with Crippen LogP contribution in [0, 0.1) is 0 Å². The van der Waals surface area contributed by atoms with Gasteiger partial charge >= 0.3 is 6.16 Å². The molecule has 0 aromatic carbocycles. The van der Waals surface area contributed by atoms with E-state index in [0.29, 0.717) is 0 Å². The Morgan fingerprint density at radius 1 is 1.43 bits per heavy atom. The molecule has 3 nitrogen and oxygen atoms in total. The van der Waals surface area contributed by atoms with Gasteiger partial charge in [-0.25, -0.2) is 4.79 Å². The molecule has 0 aromatic rings. The van der Waals surface area contributed by atoms with Crippen molar-refractivity contribution >= 4 is 6.16 Å². The summed E-state index contributed by atoms with van der Waals surface area (Å²) in [4.78, 5) is 8.56. The summed E-state index contributed by atoms with van der Waals surface area (Å²) in [6.45, 7) is 6.25. The predicted octanol–water partition coefficient (Wildman–Crippen LogP) is 1.18. The summed E-state index contributed by atoms with van der Waals surface area (Å²) in [5.74, 6) is 0. The fourth-order valence-electron chi connectivity index (χ4n) is 0. The van der Waals surface area contributed by atoms with Crippen LogP contribution in [0.1, 0.15) is 0 Å². The molecule has 0 radical (unpaired) electrons. The molecule has 0 heterocycles. The van der Waals surface area contributed by atoms with Gasteiger partial charge in [-0.1, -0.05) is 13.2 Å². The van der Waals surface area contributed by atoms with E-state index in [1.165, 1.54) is 0 Å². The monoisotopic (exact) mass is 102 g/mol. The molecular formula is C4H6O3. The van der Waals surface area contributed by atoms with Crippen molar-refractivity contribution < 1.29 is 15.0 Å². The van der Waals surface area contributed by atoms with E-state index in [2.05, 4.69) is 18.9 Å². The number of rotatable bonds is 0. The lowest BCUT2D eigenvalue weighted by molar-refractivity contribution is 0.137. The molecule has 40 valence electrons. The Morgan fingerprint density at radius 3 is 1.43 bits per heavy atom. The molecule has 0 spiro atoms. The molecule has 2 N–H and O–H groups in total. The Labute approximate surface area is 41.2 Å². The van der Waals surface area contributed by atoms with Crippen molar-refractivity contribution in [2.75, 3.05) is 0 Å². The maximum absolute atomic E-state index is 8.56. The standard InChI is InChI=1S/C3H4.CH2O3/c1-3-2;2-1(3)4/h1-2H2;(H2,2,3,4). The van der Waals surface area contributed by atoms with Crippen LogP contribution in [-0.2, 0) is 0 Å². The first kappa shape index (κ1) is 9.25. The van der Waals surface area contributed by atoms with Gasteiger partial charge in [-0.15, -0.1) is 5.73 Å². The van der Waals surface area contributed by atoms with Crippen LogP contribution in [0.3, 0.4) is 0 Å². The van der Waals surface area contributed by atoms with Gasteiger partial charge in [-0.05, 0) is 0 Å². The average Bonchev–Trinajstić information content (AvgIpc) is 1.33. The second-order valence-corrected chi connectivity index (χ2v) is 0.533. The minimum atomic E-state index is -1.83. The first-order valence-corrected chi connectivity index (χ1v) is 1.36. The summed E-state index contributed by atoms with van der Waals surface area (Å²) >= 11 is 0. The van der Waals surface area contributed by atoms with E-state index in [-0.39, 0.29) is 0 Å². The first-order valence-electron chi connectivity index (χ1n) is 1.36. The second kappa shape index (κ2) is 8.84. The van der Waals surface area contributed by atoms with E-state index in [4.69, 9.17) is 15.0 Å². The lowest BCUT2D eigenvalue weighted by Crippen LogP contribution is -1.81. The molecule has 0 aromatic heterocycles. The zero-order valence-corrected chi connectivity index (χ0v) is 3.72. The highest BCUT2D eigenvalue weighted by molar-refractivity contribution is 5.53. The van der Waals surface area contributed by atoms with Crippen molar-refractivity contribution in [1.29, 1.82) is 0 Å². The Bertz CT molecular complexity index is 74.9. The van der Waals surface area contributed by atoms with Gasteiger partial charge in [0.05, 0.1) is 0 Å². The highest BCUT2D eigenvalue weighted by Crippen LogP contribution is 1.42. The zero-order valence-electron chi connectivity index (χ0n) is 3.72. The Balaban J connectivity index is 0. The molecule has 0 aliphatic heterocycles. The summed E-state index contributed by atoms with van der Waals surface area (Å²) in [6.07, 6.45) is -1.83. The van der Waals surface area contributed by atoms with E-state index in [9.17, 15) is 0 Å². The molecule has 0 rings (SSSR count). The maximum atomic E-state index is 8.56. The van der Waals surface area contributed by atoms with Crippen LogP contribution in [0.15, 0.2) is 18.9 Å². The van der Waals surface area contributed by atoms with Crippen LogP contribution in [0.4, 0.5) is 4.79 Å². The van der Waals surface area contributed by atoms with Crippen molar-refractivity contribution in [2.24, 2.45) is 0 Å². The van der Waals surface area contributed by atoms with Gasteiger partial charge in [0, 0.05) is 0 Å². The SMILES string of the molecule is C=C=C.O=C(O)O. The van der Waals surface area contributed by atoms with Crippen molar-refractivity contribution in [3.05, 3.63) is 18.9 Å². The molecule has 0 atom stereocenters. The van der Waals surface area contributed by atoms with Crippen LogP contribution in [0.5, 0.6) is 0 Å². The Kier molecular flexibility index (Phi) is 11.7. The lowest BCUT2D eigenvalue weighted by Gasteiger charge is -1.60. The van der Waals surface area contributed by atoms with Crippen LogP contribution in [0.25, 0.3) is 0 Å². The van der Waals surface area contributed by atoms with Crippen molar-refractivity contribution in [1.82, 2.24) is 0 Å². The van der Waals surface area contributed by atoms with Crippen LogP contribution in [-0.4, -0.2) is 16.4 Å². The first-order chi connectivity index (χ1) is 3.15. The average molecular weight is 102 g/mol. The highest BCUT2D eigenvalue weighted by atomic mass is 16.6. The molecule has 0 saturated carbocycles. The third kappa shape index (κ3) is 25.5. The topological polar surface area (TPSA) is 57.5 Å².